The molecule has 0 saturated heterocycles. The van der Waals surface area contributed by atoms with E-state index >= 15 is 0 Å². The van der Waals surface area contributed by atoms with Gasteiger partial charge in [-0.15, -0.1) is 11.6 Å². The summed E-state index contributed by atoms with van der Waals surface area (Å²) in [6, 6.07) is 7.26. The van der Waals surface area contributed by atoms with Gasteiger partial charge in [0.2, 0.25) is 0 Å². The molecule has 1 aromatic carbocycles. The lowest BCUT2D eigenvalue weighted by Crippen LogP contribution is -2.01. The topological polar surface area (TPSA) is 26.0 Å². The van der Waals surface area contributed by atoms with Gasteiger partial charge < -0.3 is 5.73 Å². The van der Waals surface area contributed by atoms with Gasteiger partial charge in [-0.05, 0) is 6.07 Å². The summed E-state index contributed by atoms with van der Waals surface area (Å²) in [5.74, 6) is 0. The molecule has 0 bridgehead atoms. The average molecular weight is 176 g/mol. The van der Waals surface area contributed by atoms with Crippen molar-refractivity contribution in [1.82, 2.24) is 0 Å². The van der Waals surface area contributed by atoms with Crippen LogP contribution in [0.5, 0.6) is 0 Å². The number of alkyl halides is 1. The van der Waals surface area contributed by atoms with Crippen LogP contribution in [0.3, 0.4) is 0 Å². The quantitative estimate of drug-likeness (QED) is 0.516. The van der Waals surface area contributed by atoms with Gasteiger partial charge in [0.25, 0.3) is 0 Å². The van der Waals surface area contributed by atoms with Crippen molar-refractivity contribution in [3.05, 3.63) is 34.9 Å². The van der Waals surface area contributed by atoms with E-state index in [1.54, 1.807) is 12.1 Å². The minimum Gasteiger partial charge on any atom is -0.312 e. The van der Waals surface area contributed by atoms with Gasteiger partial charge in [-0.2, -0.15) is 0 Å². The van der Waals surface area contributed by atoms with E-state index in [4.69, 9.17) is 28.9 Å². The van der Waals surface area contributed by atoms with Crippen molar-refractivity contribution >= 4 is 23.2 Å². The lowest BCUT2D eigenvalue weighted by molar-refractivity contribution is 1.02. The molecular weight excluding hydrogens is 169 g/mol. The monoisotopic (exact) mass is 175 g/mol. The zero-order valence-corrected chi connectivity index (χ0v) is 6.73. The van der Waals surface area contributed by atoms with Crippen LogP contribution in [0.25, 0.3) is 0 Å². The molecule has 1 unspecified atom stereocenters. The van der Waals surface area contributed by atoms with E-state index in [-0.39, 0.29) is 0 Å². The summed E-state index contributed by atoms with van der Waals surface area (Å²) in [6.45, 7) is 0. The molecule has 0 fully saturated rings. The molecule has 3 heteroatoms. The molecule has 10 heavy (non-hydrogen) atoms. The lowest BCUT2D eigenvalue weighted by Gasteiger charge is -2.03. The van der Waals surface area contributed by atoms with Crippen molar-refractivity contribution in [2.24, 2.45) is 5.73 Å². The average Bonchev–Trinajstić information content (AvgIpc) is 1.88. The molecule has 0 aliphatic heterocycles. The highest BCUT2D eigenvalue weighted by Gasteiger charge is 2.03. The molecule has 0 saturated carbocycles. The zero-order chi connectivity index (χ0) is 7.56. The van der Waals surface area contributed by atoms with Gasteiger partial charge in [0, 0.05) is 10.6 Å². The van der Waals surface area contributed by atoms with E-state index < -0.39 is 5.50 Å². The van der Waals surface area contributed by atoms with E-state index in [1.165, 1.54) is 0 Å². The molecule has 2 N–H and O–H groups in total. The van der Waals surface area contributed by atoms with Gasteiger partial charge in [0.05, 0.1) is 0 Å². The third kappa shape index (κ3) is 1.63. The normalized spacial score (nSPS) is 13.1. The van der Waals surface area contributed by atoms with Gasteiger partial charge in [-0.3, -0.25) is 0 Å². The maximum Gasteiger partial charge on any atom is 0.107 e. The number of benzene rings is 1. The van der Waals surface area contributed by atoms with Crippen molar-refractivity contribution in [3.8, 4) is 0 Å². The Labute approximate surface area is 69.7 Å². The maximum absolute atomic E-state index is 5.75. The first-order chi connectivity index (χ1) is 4.72. The highest BCUT2D eigenvalue weighted by atomic mass is 35.5. The molecule has 1 atom stereocenters. The number of nitrogens with two attached hydrogens (primary N) is 1. The Bertz CT molecular complexity index is 223. The molecule has 1 nitrogen and oxygen atoms in total. The van der Waals surface area contributed by atoms with Crippen molar-refractivity contribution in [2.75, 3.05) is 0 Å². The Balaban J connectivity index is 3.03. The highest BCUT2D eigenvalue weighted by Crippen LogP contribution is 2.22. The molecule has 54 valence electrons. The minimum atomic E-state index is -0.506. The van der Waals surface area contributed by atoms with Crippen LogP contribution in [-0.2, 0) is 0 Å². The first-order valence-electron chi connectivity index (χ1n) is 2.86. The van der Waals surface area contributed by atoms with Crippen LogP contribution in [0.15, 0.2) is 24.3 Å². The van der Waals surface area contributed by atoms with E-state index in [0.29, 0.717) is 5.02 Å². The van der Waals surface area contributed by atoms with Crippen LogP contribution >= 0.6 is 23.2 Å². The van der Waals surface area contributed by atoms with Crippen molar-refractivity contribution in [1.29, 1.82) is 0 Å². The molecule has 0 aliphatic rings. The number of hydrogen-bond donors (Lipinski definition) is 1. The molecule has 1 rings (SSSR count). The second-order valence-corrected chi connectivity index (χ2v) is 2.80. The Morgan fingerprint density at radius 2 is 1.90 bits per heavy atom. The predicted octanol–water partition coefficient (Wildman–Crippen LogP) is 2.54. The van der Waals surface area contributed by atoms with Crippen LogP contribution in [0.4, 0.5) is 0 Å². The molecule has 0 aromatic heterocycles. The van der Waals surface area contributed by atoms with Crippen LogP contribution in [-0.4, -0.2) is 0 Å². The Morgan fingerprint density at radius 1 is 1.30 bits per heavy atom. The van der Waals surface area contributed by atoms with E-state index in [9.17, 15) is 0 Å². The van der Waals surface area contributed by atoms with Crippen LogP contribution < -0.4 is 5.73 Å². The highest BCUT2D eigenvalue weighted by molar-refractivity contribution is 6.32. The van der Waals surface area contributed by atoms with E-state index in [0.717, 1.165) is 5.56 Å². The fourth-order valence-electron chi connectivity index (χ4n) is 0.699. The Hall–Kier alpha value is -0.240. The summed E-state index contributed by atoms with van der Waals surface area (Å²) in [4.78, 5) is 0. The van der Waals surface area contributed by atoms with Gasteiger partial charge in [0.15, 0.2) is 0 Å². The summed E-state index contributed by atoms with van der Waals surface area (Å²) in [5.41, 5.74) is 5.66. The Morgan fingerprint density at radius 3 is 2.30 bits per heavy atom. The third-order valence-electron chi connectivity index (χ3n) is 1.20. The molecule has 0 spiro atoms. The van der Waals surface area contributed by atoms with Crippen LogP contribution in [0.2, 0.25) is 5.02 Å². The molecule has 0 radical (unpaired) electrons. The largest absolute Gasteiger partial charge is 0.312 e. The number of halogens is 2. The molecule has 0 amide bonds. The number of hydrogen-bond acceptors (Lipinski definition) is 1. The van der Waals surface area contributed by atoms with Crippen molar-refractivity contribution in [3.63, 3.8) is 0 Å². The summed E-state index contributed by atoms with van der Waals surface area (Å²) < 4.78 is 0. The van der Waals surface area contributed by atoms with Gasteiger partial charge in [-0.25, -0.2) is 0 Å². The second kappa shape index (κ2) is 3.24. The molecular formula is C7H7Cl2N. The summed E-state index contributed by atoms with van der Waals surface area (Å²) in [7, 11) is 0. The van der Waals surface area contributed by atoms with E-state index in [1.807, 2.05) is 12.1 Å². The van der Waals surface area contributed by atoms with Crippen molar-refractivity contribution in [2.45, 2.75) is 5.50 Å². The minimum absolute atomic E-state index is 0.506. The van der Waals surface area contributed by atoms with Gasteiger partial charge in [0.1, 0.15) is 5.50 Å². The molecule has 0 heterocycles. The third-order valence-corrected chi connectivity index (χ3v) is 1.78. The number of rotatable bonds is 1. The predicted molar refractivity (Wildman–Crippen MR) is 44.2 cm³/mol. The maximum atomic E-state index is 5.75. The summed E-state index contributed by atoms with van der Waals surface area (Å²) >= 11 is 11.4. The fraction of sp³-hybridized carbons (Fsp3) is 0.143. The van der Waals surface area contributed by atoms with Crippen LogP contribution in [0, 0.1) is 0 Å². The Kier molecular flexibility index (Phi) is 2.55. The van der Waals surface area contributed by atoms with Gasteiger partial charge >= 0.3 is 0 Å². The fourth-order valence-corrected chi connectivity index (χ4v) is 1.20. The smallest absolute Gasteiger partial charge is 0.107 e. The summed E-state index contributed by atoms with van der Waals surface area (Å²) in [6.07, 6.45) is 0. The first kappa shape index (κ1) is 7.86. The SMILES string of the molecule is NC(Cl)c1ccccc1Cl. The summed E-state index contributed by atoms with van der Waals surface area (Å²) in [5, 5.41) is 0.616. The molecule has 1 aromatic rings. The molecule has 0 aliphatic carbocycles. The van der Waals surface area contributed by atoms with Gasteiger partial charge in [-0.1, -0.05) is 29.8 Å². The first-order valence-corrected chi connectivity index (χ1v) is 3.67. The standard InChI is InChI=1S/C7H7Cl2N/c8-6-4-2-1-3-5(6)7(9)10/h1-4,7H,10H2. The second-order valence-electron chi connectivity index (χ2n) is 1.92. The van der Waals surface area contributed by atoms with E-state index in [2.05, 4.69) is 0 Å². The van der Waals surface area contributed by atoms with Crippen LogP contribution in [0.1, 0.15) is 11.1 Å². The zero-order valence-electron chi connectivity index (χ0n) is 5.22. The van der Waals surface area contributed by atoms with Crippen molar-refractivity contribution < 1.29 is 0 Å². The lowest BCUT2D eigenvalue weighted by atomic mass is 10.2.